The summed E-state index contributed by atoms with van der Waals surface area (Å²) in [4.78, 5) is 10.0. The lowest BCUT2D eigenvalue weighted by Gasteiger charge is -2.07. The van der Waals surface area contributed by atoms with Gasteiger partial charge in [0.1, 0.15) is 12.1 Å². The smallest absolute Gasteiger partial charge is 0.303 e. The van der Waals surface area contributed by atoms with Crippen molar-refractivity contribution in [1.82, 2.24) is 0 Å². The third-order valence-electron chi connectivity index (χ3n) is 1.68. The van der Waals surface area contributed by atoms with Gasteiger partial charge < -0.3 is 4.79 Å². The minimum Gasteiger partial charge on any atom is -0.303 e. The van der Waals surface area contributed by atoms with Crippen molar-refractivity contribution in [2.45, 2.75) is 12.6 Å². The lowest BCUT2D eigenvalue weighted by atomic mass is 10.1. The fraction of sp³-hybridized carbons (Fsp3) is 0.222. The Morgan fingerprint density at radius 3 is 2.36 bits per heavy atom. The van der Waals surface area contributed by atoms with E-state index in [1.807, 2.05) is 0 Å². The van der Waals surface area contributed by atoms with Gasteiger partial charge in [-0.1, -0.05) is 6.07 Å². The van der Waals surface area contributed by atoms with Crippen molar-refractivity contribution in [3.63, 3.8) is 0 Å². The van der Waals surface area contributed by atoms with Gasteiger partial charge >= 0.3 is 6.18 Å². The molecule has 1 nitrogen and oxygen atoms in total. The van der Waals surface area contributed by atoms with Crippen LogP contribution in [-0.4, -0.2) is 6.29 Å². The summed E-state index contributed by atoms with van der Waals surface area (Å²) in [5.41, 5.74) is -1.09. The largest absolute Gasteiger partial charge is 0.416 e. The van der Waals surface area contributed by atoms with Crippen LogP contribution in [-0.2, 0) is 17.4 Å². The zero-order valence-corrected chi connectivity index (χ0v) is 6.94. The number of carbonyl (C=O) groups is 1. The van der Waals surface area contributed by atoms with E-state index >= 15 is 0 Å². The molecule has 0 radical (unpaired) electrons. The maximum Gasteiger partial charge on any atom is 0.416 e. The van der Waals surface area contributed by atoms with Gasteiger partial charge in [-0.25, -0.2) is 4.39 Å². The van der Waals surface area contributed by atoms with Gasteiger partial charge in [-0.2, -0.15) is 13.2 Å². The molecule has 0 spiro atoms. The molecule has 14 heavy (non-hydrogen) atoms. The Morgan fingerprint density at radius 1 is 1.29 bits per heavy atom. The topological polar surface area (TPSA) is 17.1 Å². The summed E-state index contributed by atoms with van der Waals surface area (Å²) in [6, 6.07) is 2.10. The fourth-order valence-electron chi connectivity index (χ4n) is 0.979. The zero-order chi connectivity index (χ0) is 10.8. The highest BCUT2D eigenvalue weighted by Crippen LogP contribution is 2.30. The van der Waals surface area contributed by atoms with Crippen LogP contribution in [0.2, 0.25) is 0 Å². The van der Waals surface area contributed by atoms with Gasteiger partial charge in [0, 0.05) is 6.42 Å². The molecule has 0 saturated carbocycles. The Labute approximate surface area is 77.3 Å². The highest BCUT2D eigenvalue weighted by atomic mass is 19.4. The quantitative estimate of drug-likeness (QED) is 0.537. The van der Waals surface area contributed by atoms with Gasteiger partial charge in [-0.3, -0.25) is 0 Å². The number of alkyl halides is 3. The van der Waals surface area contributed by atoms with E-state index in [0.717, 1.165) is 12.1 Å². The van der Waals surface area contributed by atoms with E-state index in [2.05, 4.69) is 0 Å². The Morgan fingerprint density at radius 2 is 1.93 bits per heavy atom. The fourth-order valence-corrected chi connectivity index (χ4v) is 0.979. The lowest BCUT2D eigenvalue weighted by Crippen LogP contribution is -2.06. The molecule has 0 atom stereocenters. The Balaban J connectivity index is 3.06. The predicted octanol–water partition coefficient (Wildman–Crippen LogP) is 2.59. The molecule has 76 valence electrons. The van der Waals surface area contributed by atoms with Gasteiger partial charge in [-0.05, 0) is 17.7 Å². The normalized spacial score (nSPS) is 11.4. The molecule has 0 fully saturated rings. The third kappa shape index (κ3) is 2.31. The average molecular weight is 206 g/mol. The number of benzene rings is 1. The lowest BCUT2D eigenvalue weighted by molar-refractivity contribution is -0.137. The highest BCUT2D eigenvalue weighted by Gasteiger charge is 2.30. The van der Waals surface area contributed by atoms with Crippen LogP contribution in [0.5, 0.6) is 0 Å². The molecule has 0 unspecified atom stereocenters. The molecule has 0 aliphatic carbocycles. The summed E-state index contributed by atoms with van der Waals surface area (Å²) < 4.78 is 49.1. The summed E-state index contributed by atoms with van der Waals surface area (Å²) in [7, 11) is 0. The molecule has 1 aromatic rings. The molecule has 0 bridgehead atoms. The van der Waals surface area contributed by atoms with Crippen LogP contribution in [0.25, 0.3) is 0 Å². The van der Waals surface area contributed by atoms with E-state index in [0.29, 0.717) is 12.4 Å². The minimum atomic E-state index is -4.56. The van der Waals surface area contributed by atoms with E-state index in [4.69, 9.17) is 0 Å². The molecule has 0 aliphatic heterocycles. The molecule has 0 N–H and O–H groups in total. The second-order valence-corrected chi connectivity index (χ2v) is 2.67. The molecule has 1 rings (SSSR count). The first-order valence-electron chi connectivity index (χ1n) is 3.74. The molecule has 5 heteroatoms. The number of hydrogen-bond acceptors (Lipinski definition) is 1. The van der Waals surface area contributed by atoms with Crippen LogP contribution < -0.4 is 0 Å². The molecule has 0 heterocycles. The first kappa shape index (κ1) is 10.7. The Hall–Kier alpha value is -1.39. The third-order valence-corrected chi connectivity index (χ3v) is 1.68. The zero-order valence-electron chi connectivity index (χ0n) is 6.94. The summed E-state index contributed by atoms with van der Waals surface area (Å²) in [5, 5.41) is 0. The van der Waals surface area contributed by atoms with Crippen molar-refractivity contribution in [1.29, 1.82) is 0 Å². The maximum atomic E-state index is 12.9. The van der Waals surface area contributed by atoms with E-state index in [1.165, 1.54) is 0 Å². The van der Waals surface area contributed by atoms with Crippen LogP contribution in [0.15, 0.2) is 18.2 Å². The number of hydrogen-bond donors (Lipinski definition) is 0. The van der Waals surface area contributed by atoms with Crippen LogP contribution >= 0.6 is 0 Å². The van der Waals surface area contributed by atoms with Gasteiger partial charge in [0.05, 0.1) is 5.56 Å². The summed E-state index contributed by atoms with van der Waals surface area (Å²) >= 11 is 0. The first-order valence-corrected chi connectivity index (χ1v) is 3.74. The van der Waals surface area contributed by atoms with Gasteiger partial charge in [-0.15, -0.1) is 0 Å². The van der Waals surface area contributed by atoms with Crippen LogP contribution in [0.4, 0.5) is 17.6 Å². The number of rotatable bonds is 2. The molecule has 0 aromatic heterocycles. The SMILES string of the molecule is O=CCc1ccc(C(F)(F)F)cc1F. The van der Waals surface area contributed by atoms with Gasteiger partial charge in [0.15, 0.2) is 0 Å². The highest BCUT2D eigenvalue weighted by molar-refractivity contribution is 5.55. The second-order valence-electron chi connectivity index (χ2n) is 2.67. The van der Waals surface area contributed by atoms with Crippen molar-refractivity contribution < 1.29 is 22.4 Å². The summed E-state index contributed by atoms with van der Waals surface area (Å²) in [6.07, 6.45) is -4.34. The first-order chi connectivity index (χ1) is 6.45. The molecule has 0 saturated heterocycles. The number of carbonyl (C=O) groups excluding carboxylic acids is 1. The van der Waals surface area contributed by atoms with E-state index in [1.54, 1.807) is 0 Å². The van der Waals surface area contributed by atoms with E-state index < -0.39 is 17.6 Å². The van der Waals surface area contributed by atoms with Crippen molar-refractivity contribution >= 4 is 6.29 Å². The van der Waals surface area contributed by atoms with E-state index in [9.17, 15) is 22.4 Å². The van der Waals surface area contributed by atoms with Crippen LogP contribution in [0.1, 0.15) is 11.1 Å². The number of aldehydes is 1. The molecular formula is C9H6F4O. The molecule has 1 aromatic carbocycles. The van der Waals surface area contributed by atoms with Gasteiger partial charge in [0.2, 0.25) is 0 Å². The second kappa shape index (κ2) is 3.77. The van der Waals surface area contributed by atoms with Gasteiger partial charge in [0.25, 0.3) is 0 Å². The Kier molecular flexibility index (Phi) is 2.88. The molecular weight excluding hydrogens is 200 g/mol. The van der Waals surface area contributed by atoms with Crippen molar-refractivity contribution in [2.75, 3.05) is 0 Å². The minimum absolute atomic E-state index is 0.0343. The average Bonchev–Trinajstić information content (AvgIpc) is 2.07. The standard InChI is InChI=1S/C9H6F4O/c10-8-5-7(9(11,12)13)2-1-6(8)3-4-14/h1-2,4-5H,3H2. The van der Waals surface area contributed by atoms with Crippen molar-refractivity contribution in [3.05, 3.63) is 35.1 Å². The predicted molar refractivity (Wildman–Crippen MR) is 41.2 cm³/mol. The molecule has 0 amide bonds. The van der Waals surface area contributed by atoms with E-state index in [-0.39, 0.29) is 12.0 Å². The number of halogens is 4. The maximum absolute atomic E-state index is 12.9. The van der Waals surface area contributed by atoms with Crippen LogP contribution in [0.3, 0.4) is 0 Å². The summed E-state index contributed by atoms with van der Waals surface area (Å²) in [6.45, 7) is 0. The van der Waals surface area contributed by atoms with Crippen molar-refractivity contribution in [3.8, 4) is 0 Å². The van der Waals surface area contributed by atoms with Crippen LogP contribution in [0, 0.1) is 5.82 Å². The molecule has 0 aliphatic rings. The summed E-state index contributed by atoms with van der Waals surface area (Å²) in [5.74, 6) is -1.01. The van der Waals surface area contributed by atoms with Crippen molar-refractivity contribution in [2.24, 2.45) is 0 Å². The Bertz CT molecular complexity index is 343. The monoisotopic (exact) mass is 206 g/mol.